The van der Waals surface area contributed by atoms with Crippen LogP contribution in [0.2, 0.25) is 0 Å². The Balaban J connectivity index is 2.05. The van der Waals surface area contributed by atoms with Crippen molar-refractivity contribution in [3.05, 3.63) is 46.9 Å². The number of ether oxygens (including phenoxy) is 2. The number of hydrazine groups is 1. The van der Waals surface area contributed by atoms with E-state index in [2.05, 4.69) is 10.4 Å². The number of thiazole rings is 1. The monoisotopic (exact) mass is 349 g/mol. The maximum atomic E-state index is 12.4. The lowest BCUT2D eigenvalue weighted by molar-refractivity contribution is 0.0550. The molecular weight excluding hydrogens is 330 g/mol. The van der Waals surface area contributed by atoms with Crippen molar-refractivity contribution in [2.24, 2.45) is 0 Å². The summed E-state index contributed by atoms with van der Waals surface area (Å²) in [5, 5.41) is 1.01. The number of nitrogens with zero attached hydrogens (tertiary/aromatic N) is 2. The van der Waals surface area contributed by atoms with Crippen molar-refractivity contribution >= 4 is 29.2 Å². The standard InChI is InChI=1S/C16H19N3O4S/c1-16(2,3)23-15(21)19(12-7-5-4-6-8-12)18-14(20)22-10-13-9-17-11-24-13/h4-9,11H,10H2,1-3H3,(H,18,20). The molecule has 0 bridgehead atoms. The molecule has 1 aromatic heterocycles. The van der Waals surface area contributed by atoms with Crippen molar-refractivity contribution < 1.29 is 19.1 Å². The molecule has 24 heavy (non-hydrogen) atoms. The van der Waals surface area contributed by atoms with Gasteiger partial charge in [0.15, 0.2) is 0 Å². The van der Waals surface area contributed by atoms with E-state index in [1.165, 1.54) is 11.3 Å². The number of benzene rings is 1. The molecule has 0 atom stereocenters. The van der Waals surface area contributed by atoms with Gasteiger partial charge in [-0.3, -0.25) is 4.98 Å². The molecule has 2 amide bonds. The Hall–Kier alpha value is -2.61. The number of rotatable bonds is 3. The van der Waals surface area contributed by atoms with Crippen LogP contribution in [0.4, 0.5) is 15.3 Å². The van der Waals surface area contributed by atoms with Crippen LogP contribution in [-0.2, 0) is 16.1 Å². The second-order valence-electron chi connectivity index (χ2n) is 5.81. The average molecular weight is 349 g/mol. The molecule has 2 rings (SSSR count). The Labute approximate surface area is 144 Å². The molecule has 1 heterocycles. The van der Waals surface area contributed by atoms with Gasteiger partial charge < -0.3 is 9.47 Å². The van der Waals surface area contributed by atoms with Gasteiger partial charge in [0.2, 0.25) is 0 Å². The fourth-order valence-corrected chi connectivity index (χ4v) is 2.18. The van der Waals surface area contributed by atoms with E-state index in [0.717, 1.165) is 9.89 Å². The average Bonchev–Trinajstić information content (AvgIpc) is 3.03. The molecule has 0 aliphatic carbocycles. The topological polar surface area (TPSA) is 80.8 Å². The van der Waals surface area contributed by atoms with Gasteiger partial charge in [0.25, 0.3) is 0 Å². The van der Waals surface area contributed by atoms with Gasteiger partial charge in [-0.25, -0.2) is 15.0 Å². The lowest BCUT2D eigenvalue weighted by atomic mass is 10.2. The van der Waals surface area contributed by atoms with Crippen LogP contribution in [0.1, 0.15) is 25.6 Å². The van der Waals surface area contributed by atoms with Crippen LogP contribution >= 0.6 is 11.3 Å². The molecule has 1 N–H and O–H groups in total. The van der Waals surface area contributed by atoms with E-state index in [1.54, 1.807) is 62.8 Å². The van der Waals surface area contributed by atoms with Gasteiger partial charge in [-0.1, -0.05) is 18.2 Å². The van der Waals surface area contributed by atoms with Crippen molar-refractivity contribution in [3.63, 3.8) is 0 Å². The maximum Gasteiger partial charge on any atom is 0.434 e. The lowest BCUT2D eigenvalue weighted by Gasteiger charge is -2.27. The highest BCUT2D eigenvalue weighted by Gasteiger charge is 2.25. The van der Waals surface area contributed by atoms with E-state index in [4.69, 9.17) is 9.47 Å². The van der Waals surface area contributed by atoms with E-state index < -0.39 is 17.8 Å². The molecule has 7 nitrogen and oxygen atoms in total. The third-order valence-corrected chi connectivity index (χ3v) is 3.38. The number of hydrogen-bond donors (Lipinski definition) is 1. The quantitative estimate of drug-likeness (QED) is 0.854. The third-order valence-electron chi connectivity index (χ3n) is 2.62. The summed E-state index contributed by atoms with van der Waals surface area (Å²) in [4.78, 5) is 29.0. The summed E-state index contributed by atoms with van der Waals surface area (Å²) in [7, 11) is 0. The van der Waals surface area contributed by atoms with Gasteiger partial charge in [-0.2, -0.15) is 5.01 Å². The van der Waals surface area contributed by atoms with Crippen LogP contribution in [0.25, 0.3) is 0 Å². The van der Waals surface area contributed by atoms with Gasteiger partial charge >= 0.3 is 12.2 Å². The fourth-order valence-electron chi connectivity index (χ4n) is 1.67. The van der Waals surface area contributed by atoms with E-state index >= 15 is 0 Å². The molecule has 8 heteroatoms. The second kappa shape index (κ2) is 7.78. The van der Waals surface area contributed by atoms with Crippen molar-refractivity contribution in [1.29, 1.82) is 0 Å². The predicted molar refractivity (Wildman–Crippen MR) is 90.6 cm³/mol. The largest absolute Gasteiger partial charge is 0.443 e. The highest BCUT2D eigenvalue weighted by Crippen LogP contribution is 2.16. The first-order chi connectivity index (χ1) is 11.3. The summed E-state index contributed by atoms with van der Waals surface area (Å²) >= 11 is 1.37. The number of hydrogen-bond acceptors (Lipinski definition) is 6. The normalized spacial score (nSPS) is 10.8. The minimum absolute atomic E-state index is 0.0768. The molecule has 0 aliphatic heterocycles. The number of amides is 2. The van der Waals surface area contributed by atoms with Gasteiger partial charge in [-0.05, 0) is 32.9 Å². The summed E-state index contributed by atoms with van der Waals surface area (Å²) in [6.07, 6.45) is 0.141. The van der Waals surface area contributed by atoms with Gasteiger partial charge in [-0.15, -0.1) is 11.3 Å². The minimum Gasteiger partial charge on any atom is -0.443 e. The zero-order valence-corrected chi connectivity index (χ0v) is 14.5. The van der Waals surface area contributed by atoms with Crippen LogP contribution in [0.3, 0.4) is 0 Å². The summed E-state index contributed by atoms with van der Waals surface area (Å²) in [6, 6.07) is 8.65. The van der Waals surface area contributed by atoms with Gasteiger partial charge in [0, 0.05) is 6.20 Å². The predicted octanol–water partition coefficient (Wildman–Crippen LogP) is 3.73. The smallest absolute Gasteiger partial charge is 0.434 e. The summed E-state index contributed by atoms with van der Waals surface area (Å²) in [5.41, 5.74) is 3.81. The van der Waals surface area contributed by atoms with Gasteiger partial charge in [0.05, 0.1) is 16.1 Å². The molecular formula is C16H19N3O4S. The van der Waals surface area contributed by atoms with Crippen molar-refractivity contribution in [2.75, 3.05) is 5.01 Å². The highest BCUT2D eigenvalue weighted by molar-refractivity contribution is 7.09. The number of anilines is 1. The molecule has 0 fully saturated rings. The van der Waals surface area contributed by atoms with E-state index in [0.29, 0.717) is 5.69 Å². The zero-order valence-electron chi connectivity index (χ0n) is 13.7. The molecule has 1 aromatic carbocycles. The first-order valence-corrected chi connectivity index (χ1v) is 8.12. The lowest BCUT2D eigenvalue weighted by Crippen LogP contribution is -2.48. The maximum absolute atomic E-state index is 12.4. The number of aromatic nitrogens is 1. The van der Waals surface area contributed by atoms with E-state index in [-0.39, 0.29) is 6.61 Å². The van der Waals surface area contributed by atoms with Crippen LogP contribution in [0.15, 0.2) is 42.0 Å². The van der Waals surface area contributed by atoms with Crippen LogP contribution in [-0.4, -0.2) is 22.8 Å². The Kier molecular flexibility index (Phi) is 5.75. The Bertz CT molecular complexity index is 668. The second-order valence-corrected chi connectivity index (χ2v) is 6.78. The Morgan fingerprint density at radius 1 is 1.25 bits per heavy atom. The molecule has 0 spiro atoms. The molecule has 0 saturated heterocycles. The number of para-hydroxylation sites is 1. The molecule has 0 unspecified atom stereocenters. The molecule has 128 valence electrons. The number of carbonyl (C=O) groups excluding carboxylic acids is 2. The molecule has 0 radical (unpaired) electrons. The first kappa shape index (κ1) is 17.7. The summed E-state index contributed by atoms with van der Waals surface area (Å²) in [6.45, 7) is 5.32. The van der Waals surface area contributed by atoms with Crippen LogP contribution < -0.4 is 10.4 Å². The van der Waals surface area contributed by atoms with Crippen molar-refractivity contribution in [2.45, 2.75) is 33.0 Å². The van der Waals surface area contributed by atoms with Crippen molar-refractivity contribution in [1.82, 2.24) is 10.4 Å². The van der Waals surface area contributed by atoms with E-state index in [1.807, 2.05) is 0 Å². The van der Waals surface area contributed by atoms with Crippen LogP contribution in [0.5, 0.6) is 0 Å². The SMILES string of the molecule is CC(C)(C)OC(=O)N(NC(=O)OCc1cncs1)c1ccccc1. The molecule has 2 aromatic rings. The van der Waals surface area contributed by atoms with E-state index in [9.17, 15) is 9.59 Å². The van der Waals surface area contributed by atoms with Crippen molar-refractivity contribution in [3.8, 4) is 0 Å². The molecule has 0 saturated carbocycles. The third kappa shape index (κ3) is 5.54. The summed E-state index contributed by atoms with van der Waals surface area (Å²) < 4.78 is 10.4. The Morgan fingerprint density at radius 2 is 1.96 bits per heavy atom. The first-order valence-electron chi connectivity index (χ1n) is 7.24. The number of carbonyl (C=O) groups is 2. The summed E-state index contributed by atoms with van der Waals surface area (Å²) in [5.74, 6) is 0. The zero-order chi connectivity index (χ0) is 17.6. The minimum atomic E-state index is -0.766. The van der Waals surface area contributed by atoms with Crippen LogP contribution in [0, 0.1) is 0 Å². The fraction of sp³-hybridized carbons (Fsp3) is 0.312. The Morgan fingerprint density at radius 3 is 2.54 bits per heavy atom. The highest BCUT2D eigenvalue weighted by atomic mass is 32.1. The number of nitrogens with one attached hydrogen (secondary N) is 1. The van der Waals surface area contributed by atoms with Gasteiger partial charge in [0.1, 0.15) is 12.2 Å². The molecule has 0 aliphatic rings.